The molecule has 3 amide bonds. The average Bonchev–Trinajstić information content (AvgIpc) is 2.78. The fourth-order valence-corrected chi connectivity index (χ4v) is 6.29. The van der Waals surface area contributed by atoms with Crippen LogP contribution in [0.2, 0.25) is 5.02 Å². The number of carbonyl (C=O) groups excluding carboxylic acids is 4. The molecule has 3 N–H and O–H groups in total. The number of ether oxygens (including phenoxy) is 2. The number of hydrogen-bond acceptors (Lipinski definition) is 6. The van der Waals surface area contributed by atoms with Crippen LogP contribution in [0.5, 0.6) is 5.75 Å². The maximum Gasteiger partial charge on any atom is 0.325 e. The Morgan fingerprint density at radius 1 is 0.853 bits per heavy atom. The van der Waals surface area contributed by atoms with E-state index in [2.05, 4.69) is 16.2 Å². The van der Waals surface area contributed by atoms with E-state index in [-0.39, 0.29) is 24.5 Å². The van der Waals surface area contributed by atoms with Crippen LogP contribution in [0.3, 0.4) is 0 Å². The van der Waals surface area contributed by atoms with Gasteiger partial charge in [0.2, 0.25) is 5.91 Å². The molecule has 0 unspecified atom stereocenters. The molecule has 0 atom stereocenters. The zero-order chi connectivity index (χ0) is 24.1. The summed E-state index contributed by atoms with van der Waals surface area (Å²) in [5.74, 6) is 0.554. The van der Waals surface area contributed by atoms with E-state index in [0.29, 0.717) is 17.2 Å². The predicted molar refractivity (Wildman–Crippen MR) is 122 cm³/mol. The number of benzene rings is 1. The van der Waals surface area contributed by atoms with Crippen LogP contribution in [0.1, 0.15) is 44.9 Å². The molecule has 0 aliphatic heterocycles. The molecular weight excluding hydrogens is 462 g/mol. The van der Waals surface area contributed by atoms with Gasteiger partial charge >= 0.3 is 5.97 Å². The lowest BCUT2D eigenvalue weighted by atomic mass is 9.49. The minimum Gasteiger partial charge on any atom is -0.484 e. The van der Waals surface area contributed by atoms with E-state index < -0.39 is 24.4 Å². The molecule has 4 aliphatic carbocycles. The molecule has 1 aromatic rings. The molecule has 5 rings (SSSR count). The molecule has 184 valence electrons. The highest BCUT2D eigenvalue weighted by Gasteiger charge is 2.51. The second kappa shape index (κ2) is 10.6. The average molecular weight is 492 g/mol. The molecule has 4 bridgehead atoms. The van der Waals surface area contributed by atoms with Crippen LogP contribution >= 0.6 is 11.6 Å². The zero-order valence-corrected chi connectivity index (χ0v) is 19.7. The normalized spacial score (nSPS) is 26.4. The summed E-state index contributed by atoms with van der Waals surface area (Å²) in [4.78, 5) is 47.9. The Hall–Kier alpha value is -2.81. The largest absolute Gasteiger partial charge is 0.484 e. The molecule has 0 saturated heterocycles. The SMILES string of the molecule is O=C(CC12CC3CC(CC(C3)C1)C2)NCC(=O)OCC(=O)NNC(=O)COc1ccc(Cl)cc1. The second-order valence-electron chi connectivity index (χ2n) is 9.87. The molecule has 34 heavy (non-hydrogen) atoms. The van der Waals surface area contributed by atoms with E-state index >= 15 is 0 Å². The molecule has 4 saturated carbocycles. The third-order valence-corrected chi connectivity index (χ3v) is 7.27. The lowest BCUT2D eigenvalue weighted by molar-refractivity contribution is -0.149. The molecule has 9 nitrogen and oxygen atoms in total. The third-order valence-electron chi connectivity index (χ3n) is 7.02. The Kier molecular flexibility index (Phi) is 7.60. The highest BCUT2D eigenvalue weighted by Crippen LogP contribution is 2.61. The third kappa shape index (κ3) is 6.62. The first kappa shape index (κ1) is 24.3. The molecule has 0 heterocycles. The fourth-order valence-electron chi connectivity index (χ4n) is 6.17. The summed E-state index contributed by atoms with van der Waals surface area (Å²) in [6, 6.07) is 6.46. The van der Waals surface area contributed by atoms with Crippen LogP contribution < -0.4 is 20.9 Å². The summed E-state index contributed by atoms with van der Waals surface area (Å²) >= 11 is 5.77. The Bertz CT molecular complexity index is 900. The first-order valence-electron chi connectivity index (χ1n) is 11.7. The van der Waals surface area contributed by atoms with Crippen molar-refractivity contribution in [3.63, 3.8) is 0 Å². The van der Waals surface area contributed by atoms with Crippen molar-refractivity contribution < 1.29 is 28.7 Å². The lowest BCUT2D eigenvalue weighted by Gasteiger charge is -2.56. The molecule has 4 aliphatic rings. The summed E-state index contributed by atoms with van der Waals surface area (Å²) < 4.78 is 10.1. The van der Waals surface area contributed by atoms with Crippen molar-refractivity contribution in [1.29, 1.82) is 0 Å². The van der Waals surface area contributed by atoms with E-state index in [1.807, 2.05) is 0 Å². The number of amides is 3. The predicted octanol–water partition coefficient (Wildman–Crippen LogP) is 2.13. The molecule has 0 aromatic heterocycles. The van der Waals surface area contributed by atoms with Crippen molar-refractivity contribution in [2.75, 3.05) is 19.8 Å². The maximum absolute atomic E-state index is 12.5. The van der Waals surface area contributed by atoms with Gasteiger partial charge in [-0.25, -0.2) is 0 Å². The number of esters is 1. The van der Waals surface area contributed by atoms with Crippen molar-refractivity contribution in [2.45, 2.75) is 44.9 Å². The topological polar surface area (TPSA) is 123 Å². The summed E-state index contributed by atoms with van der Waals surface area (Å²) in [6.07, 6.45) is 7.74. The molecule has 0 radical (unpaired) electrons. The van der Waals surface area contributed by atoms with E-state index in [1.165, 1.54) is 19.3 Å². The Labute approximate surface area is 203 Å². The minimum atomic E-state index is -0.716. The van der Waals surface area contributed by atoms with E-state index in [0.717, 1.165) is 37.0 Å². The summed E-state index contributed by atoms with van der Waals surface area (Å²) in [5, 5.41) is 3.17. The van der Waals surface area contributed by atoms with Crippen molar-refractivity contribution in [3.05, 3.63) is 29.3 Å². The summed E-state index contributed by atoms with van der Waals surface area (Å²) in [7, 11) is 0. The second-order valence-corrected chi connectivity index (χ2v) is 10.3. The number of hydrazine groups is 1. The Balaban J connectivity index is 1.07. The van der Waals surface area contributed by atoms with Gasteiger partial charge in [-0.05, 0) is 86.0 Å². The highest BCUT2D eigenvalue weighted by molar-refractivity contribution is 6.30. The number of hydrogen-bond donors (Lipinski definition) is 3. The minimum absolute atomic E-state index is 0.0953. The van der Waals surface area contributed by atoms with Gasteiger partial charge in [-0.1, -0.05) is 11.6 Å². The van der Waals surface area contributed by atoms with Crippen molar-refractivity contribution in [1.82, 2.24) is 16.2 Å². The van der Waals surface area contributed by atoms with Gasteiger partial charge in [-0.15, -0.1) is 0 Å². The highest BCUT2D eigenvalue weighted by atomic mass is 35.5. The van der Waals surface area contributed by atoms with Crippen molar-refractivity contribution in [2.24, 2.45) is 23.2 Å². The first-order valence-corrected chi connectivity index (χ1v) is 12.0. The Morgan fingerprint density at radius 3 is 2.00 bits per heavy atom. The van der Waals surface area contributed by atoms with Crippen LogP contribution in [0.4, 0.5) is 0 Å². The Morgan fingerprint density at radius 2 is 1.41 bits per heavy atom. The monoisotopic (exact) mass is 491 g/mol. The summed E-state index contributed by atoms with van der Waals surface area (Å²) in [5.41, 5.74) is 4.38. The lowest BCUT2D eigenvalue weighted by Crippen LogP contribution is -2.48. The van der Waals surface area contributed by atoms with Gasteiger partial charge in [0.25, 0.3) is 11.8 Å². The van der Waals surface area contributed by atoms with Crippen molar-refractivity contribution >= 4 is 35.3 Å². The molecule has 1 aromatic carbocycles. The standard InChI is InChI=1S/C24H30ClN3O6/c25-18-1-3-19(4-2-18)33-13-21(30)27-28-22(31)14-34-23(32)12-26-20(29)11-24-8-15-5-16(9-24)7-17(6-15)10-24/h1-4,15-17H,5-14H2,(H,26,29)(H,27,30)(H,28,31). The van der Waals surface area contributed by atoms with Gasteiger partial charge in [-0.2, -0.15) is 0 Å². The van der Waals surface area contributed by atoms with Gasteiger partial charge in [0.05, 0.1) is 0 Å². The smallest absolute Gasteiger partial charge is 0.325 e. The number of halogens is 1. The van der Waals surface area contributed by atoms with Crippen LogP contribution in [0.15, 0.2) is 24.3 Å². The molecule has 10 heteroatoms. The maximum atomic E-state index is 12.5. The number of nitrogens with one attached hydrogen (secondary N) is 3. The summed E-state index contributed by atoms with van der Waals surface area (Å²) in [6.45, 7) is -1.20. The number of carbonyl (C=O) groups is 4. The fraction of sp³-hybridized carbons (Fsp3) is 0.583. The quantitative estimate of drug-likeness (QED) is 0.359. The first-order chi connectivity index (χ1) is 16.3. The van der Waals surface area contributed by atoms with Crippen LogP contribution in [0.25, 0.3) is 0 Å². The van der Waals surface area contributed by atoms with E-state index in [4.69, 9.17) is 21.1 Å². The van der Waals surface area contributed by atoms with Crippen LogP contribution in [-0.2, 0) is 23.9 Å². The van der Waals surface area contributed by atoms with Crippen LogP contribution in [0, 0.1) is 23.2 Å². The van der Waals surface area contributed by atoms with Crippen molar-refractivity contribution in [3.8, 4) is 5.75 Å². The van der Waals surface area contributed by atoms with Gasteiger partial charge < -0.3 is 14.8 Å². The van der Waals surface area contributed by atoms with E-state index in [9.17, 15) is 19.2 Å². The molecular formula is C24H30ClN3O6. The van der Waals surface area contributed by atoms with Gasteiger partial charge in [0, 0.05) is 11.4 Å². The van der Waals surface area contributed by atoms with Gasteiger partial charge in [0.15, 0.2) is 13.2 Å². The molecule has 4 fully saturated rings. The molecule has 0 spiro atoms. The zero-order valence-electron chi connectivity index (χ0n) is 18.9. The van der Waals surface area contributed by atoms with Crippen LogP contribution in [-0.4, -0.2) is 43.4 Å². The van der Waals surface area contributed by atoms with E-state index in [1.54, 1.807) is 24.3 Å². The van der Waals surface area contributed by atoms with Gasteiger partial charge in [-0.3, -0.25) is 30.0 Å². The van der Waals surface area contributed by atoms with Gasteiger partial charge in [0.1, 0.15) is 12.3 Å². The number of rotatable bonds is 9.